The van der Waals surface area contributed by atoms with Gasteiger partial charge in [-0.15, -0.1) is 11.3 Å². The minimum absolute atomic E-state index is 0.0897. The Morgan fingerprint density at radius 3 is 2.67 bits per heavy atom. The molecular formula is C12H10BrFS. The summed E-state index contributed by atoms with van der Waals surface area (Å²) in [6.45, 7) is 2.07. The van der Waals surface area contributed by atoms with Gasteiger partial charge in [-0.2, -0.15) is 0 Å². The fourth-order valence-electron chi connectivity index (χ4n) is 1.42. The Hall–Kier alpha value is -0.670. The molecule has 1 aromatic heterocycles. The highest BCUT2D eigenvalue weighted by atomic mass is 79.9. The lowest BCUT2D eigenvalue weighted by molar-refractivity contribution is 0.626. The fourth-order valence-corrected chi connectivity index (χ4v) is 3.02. The smallest absolute Gasteiger partial charge is 0.123 e. The van der Waals surface area contributed by atoms with Gasteiger partial charge in [-0.3, -0.25) is 0 Å². The summed E-state index contributed by atoms with van der Waals surface area (Å²) in [5, 5.41) is 0. The predicted molar refractivity (Wildman–Crippen MR) is 66.2 cm³/mol. The molecule has 1 unspecified atom stereocenters. The predicted octanol–water partition coefficient (Wildman–Crippen LogP) is 4.68. The van der Waals surface area contributed by atoms with Crippen LogP contribution in [-0.2, 0) is 0 Å². The molecule has 0 aliphatic carbocycles. The molecule has 1 aromatic carbocycles. The first-order valence-corrected chi connectivity index (χ1v) is 6.36. The lowest BCUT2D eigenvalue weighted by Gasteiger charge is -2.07. The Bertz CT molecular complexity index is 464. The maximum absolute atomic E-state index is 13.0. The Labute approximate surface area is 101 Å². The second-order valence-corrected chi connectivity index (χ2v) is 5.60. The van der Waals surface area contributed by atoms with Crippen LogP contribution in [0.5, 0.6) is 0 Å². The van der Waals surface area contributed by atoms with Crippen LogP contribution in [0.2, 0.25) is 0 Å². The van der Waals surface area contributed by atoms with E-state index in [-0.39, 0.29) is 10.6 Å². The van der Waals surface area contributed by atoms with Gasteiger partial charge in [0.1, 0.15) is 5.82 Å². The van der Waals surface area contributed by atoms with E-state index in [4.69, 9.17) is 0 Å². The zero-order valence-corrected chi connectivity index (χ0v) is 10.6. The first-order chi connectivity index (χ1) is 7.16. The average molecular weight is 285 g/mol. The van der Waals surface area contributed by atoms with E-state index in [9.17, 15) is 4.39 Å². The number of benzene rings is 1. The first-order valence-electron chi connectivity index (χ1n) is 4.62. The molecule has 2 aromatic rings. The molecule has 0 N–H and O–H groups in total. The number of rotatable bonds is 2. The topological polar surface area (TPSA) is 0 Å². The summed E-state index contributed by atoms with van der Waals surface area (Å²) in [6.07, 6.45) is 0. The second kappa shape index (κ2) is 4.45. The van der Waals surface area contributed by atoms with Crippen molar-refractivity contribution >= 4 is 27.3 Å². The molecule has 1 heterocycles. The minimum atomic E-state index is -0.190. The Morgan fingerprint density at radius 1 is 1.27 bits per heavy atom. The number of thiophene rings is 1. The molecule has 0 spiro atoms. The lowest BCUT2D eigenvalue weighted by atomic mass is 10.1. The summed E-state index contributed by atoms with van der Waals surface area (Å²) in [7, 11) is 0. The van der Waals surface area contributed by atoms with Crippen molar-refractivity contribution in [3.05, 3.63) is 57.5 Å². The molecule has 0 fully saturated rings. The van der Waals surface area contributed by atoms with Crippen LogP contribution in [-0.4, -0.2) is 0 Å². The molecule has 78 valence electrons. The van der Waals surface area contributed by atoms with E-state index in [1.807, 2.05) is 6.07 Å². The van der Waals surface area contributed by atoms with E-state index in [1.165, 1.54) is 15.8 Å². The quantitative estimate of drug-likeness (QED) is 0.703. The van der Waals surface area contributed by atoms with E-state index in [0.29, 0.717) is 0 Å². The summed E-state index contributed by atoms with van der Waals surface area (Å²) >= 11 is 5.31. The van der Waals surface area contributed by atoms with Crippen LogP contribution in [0.25, 0.3) is 0 Å². The summed E-state index contributed by atoms with van der Waals surface area (Å²) in [5.41, 5.74) is 0.955. The van der Waals surface area contributed by atoms with Gasteiger partial charge in [-0.25, -0.2) is 4.39 Å². The highest BCUT2D eigenvalue weighted by molar-refractivity contribution is 9.09. The van der Waals surface area contributed by atoms with Gasteiger partial charge in [0.2, 0.25) is 0 Å². The number of alkyl halides is 1. The van der Waals surface area contributed by atoms with Crippen LogP contribution >= 0.6 is 27.3 Å². The first kappa shape index (κ1) is 10.8. The molecule has 0 radical (unpaired) electrons. The number of halogens is 2. The fraction of sp³-hybridized carbons (Fsp3) is 0.167. The van der Waals surface area contributed by atoms with E-state index >= 15 is 0 Å². The Balaban J connectivity index is 2.32. The molecule has 0 nitrogen and oxygen atoms in total. The van der Waals surface area contributed by atoms with Crippen molar-refractivity contribution in [3.8, 4) is 0 Å². The number of hydrogen-bond donors (Lipinski definition) is 0. The molecule has 0 saturated carbocycles. The van der Waals surface area contributed by atoms with Crippen molar-refractivity contribution in [3.63, 3.8) is 0 Å². The Morgan fingerprint density at radius 2 is 2.07 bits per heavy atom. The molecule has 1 atom stereocenters. The summed E-state index contributed by atoms with van der Waals surface area (Å²) in [5.74, 6) is -0.190. The third kappa shape index (κ3) is 2.47. The van der Waals surface area contributed by atoms with Crippen molar-refractivity contribution in [2.24, 2.45) is 0 Å². The molecule has 2 rings (SSSR count). The molecule has 0 aliphatic heterocycles. The van der Waals surface area contributed by atoms with Gasteiger partial charge in [0.05, 0.1) is 4.83 Å². The van der Waals surface area contributed by atoms with Gasteiger partial charge in [0, 0.05) is 9.75 Å². The van der Waals surface area contributed by atoms with Gasteiger partial charge in [-0.05, 0) is 36.8 Å². The van der Waals surface area contributed by atoms with Gasteiger partial charge in [0.25, 0.3) is 0 Å². The van der Waals surface area contributed by atoms with E-state index in [2.05, 4.69) is 35.0 Å². The summed E-state index contributed by atoms with van der Waals surface area (Å²) < 4.78 is 13.0. The summed E-state index contributed by atoms with van der Waals surface area (Å²) in [4.78, 5) is 2.57. The van der Waals surface area contributed by atoms with Crippen LogP contribution in [0.4, 0.5) is 4.39 Å². The number of hydrogen-bond acceptors (Lipinski definition) is 1. The van der Waals surface area contributed by atoms with Crippen LogP contribution in [0.15, 0.2) is 36.4 Å². The average Bonchev–Trinajstić information content (AvgIpc) is 2.64. The summed E-state index contributed by atoms with van der Waals surface area (Å²) in [6, 6.07) is 10.8. The van der Waals surface area contributed by atoms with Crippen LogP contribution in [0, 0.1) is 12.7 Å². The van der Waals surface area contributed by atoms with Gasteiger partial charge >= 0.3 is 0 Å². The molecular weight excluding hydrogens is 275 g/mol. The van der Waals surface area contributed by atoms with Gasteiger partial charge in [0.15, 0.2) is 0 Å². The maximum atomic E-state index is 13.0. The lowest BCUT2D eigenvalue weighted by Crippen LogP contribution is -1.89. The molecule has 3 heteroatoms. The highest BCUT2D eigenvalue weighted by Gasteiger charge is 2.12. The molecule has 0 amide bonds. The van der Waals surface area contributed by atoms with Crippen LogP contribution in [0.1, 0.15) is 20.1 Å². The minimum Gasteiger partial charge on any atom is -0.207 e. The normalized spacial score (nSPS) is 12.7. The zero-order chi connectivity index (χ0) is 10.8. The Kier molecular flexibility index (Phi) is 3.22. The van der Waals surface area contributed by atoms with E-state index in [0.717, 1.165) is 5.56 Å². The van der Waals surface area contributed by atoms with Gasteiger partial charge < -0.3 is 0 Å². The zero-order valence-electron chi connectivity index (χ0n) is 8.21. The second-order valence-electron chi connectivity index (χ2n) is 3.37. The molecule has 0 saturated heterocycles. The van der Waals surface area contributed by atoms with Crippen molar-refractivity contribution < 1.29 is 4.39 Å². The van der Waals surface area contributed by atoms with Crippen molar-refractivity contribution in [1.29, 1.82) is 0 Å². The van der Waals surface area contributed by atoms with Crippen LogP contribution < -0.4 is 0 Å². The van der Waals surface area contributed by atoms with Crippen LogP contribution in [0.3, 0.4) is 0 Å². The standard InChI is InChI=1S/C12H10BrFS/c1-8-5-6-11(15-8)12(13)9-3-2-4-10(14)7-9/h2-7,12H,1H3. The van der Waals surface area contributed by atoms with Crippen molar-refractivity contribution in [1.82, 2.24) is 0 Å². The number of aryl methyl sites for hydroxylation is 1. The van der Waals surface area contributed by atoms with E-state index < -0.39 is 0 Å². The highest BCUT2D eigenvalue weighted by Crippen LogP contribution is 2.35. The maximum Gasteiger partial charge on any atom is 0.123 e. The molecule has 0 aliphatic rings. The third-order valence-electron chi connectivity index (χ3n) is 2.15. The van der Waals surface area contributed by atoms with E-state index in [1.54, 1.807) is 23.5 Å². The largest absolute Gasteiger partial charge is 0.207 e. The monoisotopic (exact) mass is 284 g/mol. The third-order valence-corrected chi connectivity index (χ3v) is 4.54. The molecule has 0 bridgehead atoms. The van der Waals surface area contributed by atoms with Crippen molar-refractivity contribution in [2.45, 2.75) is 11.8 Å². The van der Waals surface area contributed by atoms with Gasteiger partial charge in [-0.1, -0.05) is 28.1 Å². The van der Waals surface area contributed by atoms with Crippen molar-refractivity contribution in [2.75, 3.05) is 0 Å². The molecule has 15 heavy (non-hydrogen) atoms. The SMILES string of the molecule is Cc1ccc(C(Br)c2cccc(F)c2)s1.